The number of nitrogens with zero attached hydrogens (tertiary/aromatic N) is 1. The van der Waals surface area contributed by atoms with Crippen LogP contribution < -0.4 is 5.32 Å². The maximum Gasteiger partial charge on any atom is 0.449 e. The molecule has 0 aliphatic carbocycles. The molecule has 1 aliphatic heterocycles. The van der Waals surface area contributed by atoms with Gasteiger partial charge in [-0.25, -0.2) is 0 Å². The molecule has 0 atom stereocenters. The largest absolute Gasteiger partial charge is 0.449 e. The van der Waals surface area contributed by atoms with Crippen molar-refractivity contribution in [1.82, 2.24) is 10.2 Å². The van der Waals surface area contributed by atoms with Crippen LogP contribution in [0.3, 0.4) is 0 Å². The van der Waals surface area contributed by atoms with Crippen molar-refractivity contribution >= 4 is 5.91 Å². The molecule has 4 nitrogen and oxygen atoms in total. The summed E-state index contributed by atoms with van der Waals surface area (Å²) in [4.78, 5) is 13.4. The lowest BCUT2D eigenvalue weighted by molar-refractivity contribution is -0.153. The molecule has 0 spiro atoms. The van der Waals surface area contributed by atoms with Crippen LogP contribution in [-0.4, -0.2) is 37.0 Å². The monoisotopic (exact) mass is 262 g/mol. The molecular weight excluding hydrogens is 249 g/mol. The normalized spacial score (nSPS) is 17.6. The Hall–Kier alpha value is -1.50. The van der Waals surface area contributed by atoms with E-state index in [1.807, 2.05) is 0 Å². The molecule has 1 N–H and O–H groups in total. The fourth-order valence-electron chi connectivity index (χ4n) is 1.81. The quantitative estimate of drug-likeness (QED) is 0.838. The van der Waals surface area contributed by atoms with E-state index in [9.17, 15) is 18.0 Å². The Bertz CT molecular complexity index is 420. The third-order valence-corrected chi connectivity index (χ3v) is 2.72. The van der Waals surface area contributed by atoms with Crippen molar-refractivity contribution in [3.8, 4) is 0 Å². The number of alkyl halides is 3. The number of hydrogen-bond acceptors (Lipinski definition) is 3. The zero-order valence-electron chi connectivity index (χ0n) is 9.59. The van der Waals surface area contributed by atoms with Crippen LogP contribution in [-0.2, 0) is 6.18 Å². The van der Waals surface area contributed by atoms with Crippen LogP contribution in [0.2, 0.25) is 0 Å². The highest BCUT2D eigenvalue weighted by molar-refractivity contribution is 5.91. The molecule has 7 heteroatoms. The minimum atomic E-state index is -4.56. The Morgan fingerprint density at radius 3 is 2.72 bits per heavy atom. The van der Waals surface area contributed by atoms with Crippen LogP contribution >= 0.6 is 0 Å². The smallest absolute Gasteiger partial charge is 0.446 e. The second-order valence-electron chi connectivity index (χ2n) is 4.06. The molecular formula is C11H13F3N2O2. The molecule has 0 radical (unpaired) electrons. The fraction of sp³-hybridized carbons (Fsp3) is 0.545. The molecule has 2 heterocycles. The summed E-state index contributed by atoms with van der Waals surface area (Å²) in [5.41, 5.74) is 0. The molecule has 100 valence electrons. The minimum Gasteiger partial charge on any atom is -0.446 e. The fourth-order valence-corrected chi connectivity index (χ4v) is 1.81. The van der Waals surface area contributed by atoms with E-state index >= 15 is 0 Å². The molecule has 1 amide bonds. The Morgan fingerprint density at radius 2 is 2.06 bits per heavy atom. The Kier molecular flexibility index (Phi) is 3.60. The molecule has 1 saturated heterocycles. The van der Waals surface area contributed by atoms with Gasteiger partial charge in [-0.2, -0.15) is 13.2 Å². The van der Waals surface area contributed by atoms with Gasteiger partial charge in [0, 0.05) is 19.6 Å². The summed E-state index contributed by atoms with van der Waals surface area (Å²) in [6.45, 7) is 2.43. The highest BCUT2D eigenvalue weighted by Crippen LogP contribution is 2.30. The van der Waals surface area contributed by atoms with Crippen LogP contribution in [0.25, 0.3) is 0 Å². The lowest BCUT2D eigenvalue weighted by Crippen LogP contribution is -2.33. The highest BCUT2D eigenvalue weighted by atomic mass is 19.4. The Morgan fingerprint density at radius 1 is 1.28 bits per heavy atom. The van der Waals surface area contributed by atoms with Gasteiger partial charge < -0.3 is 14.6 Å². The number of amides is 1. The van der Waals surface area contributed by atoms with E-state index in [4.69, 9.17) is 0 Å². The SMILES string of the molecule is O=C(c1ccc(C(F)(F)F)o1)N1CCCNCC1. The van der Waals surface area contributed by atoms with Gasteiger partial charge >= 0.3 is 6.18 Å². The molecule has 1 aromatic heterocycles. The van der Waals surface area contributed by atoms with Crippen molar-refractivity contribution in [2.45, 2.75) is 12.6 Å². The molecule has 2 rings (SSSR count). The number of carbonyl (C=O) groups excluding carboxylic acids is 1. The van der Waals surface area contributed by atoms with E-state index in [1.54, 1.807) is 0 Å². The second-order valence-corrected chi connectivity index (χ2v) is 4.06. The number of rotatable bonds is 1. The van der Waals surface area contributed by atoms with E-state index < -0.39 is 17.8 Å². The first-order valence-electron chi connectivity index (χ1n) is 5.65. The predicted molar refractivity (Wildman–Crippen MR) is 57.1 cm³/mol. The minimum absolute atomic E-state index is 0.260. The first-order valence-corrected chi connectivity index (χ1v) is 5.65. The van der Waals surface area contributed by atoms with E-state index in [1.165, 1.54) is 4.90 Å². The summed E-state index contributed by atoms with van der Waals surface area (Å²) in [5.74, 6) is -1.89. The van der Waals surface area contributed by atoms with Gasteiger partial charge in [-0.3, -0.25) is 4.79 Å². The van der Waals surface area contributed by atoms with Crippen molar-refractivity contribution in [2.24, 2.45) is 0 Å². The van der Waals surface area contributed by atoms with E-state index in [0.717, 1.165) is 25.1 Å². The van der Waals surface area contributed by atoms with Gasteiger partial charge in [0.1, 0.15) is 0 Å². The number of hydrogen-bond donors (Lipinski definition) is 1. The number of halogens is 3. The van der Waals surface area contributed by atoms with Crippen LogP contribution in [0.5, 0.6) is 0 Å². The number of carbonyl (C=O) groups is 1. The van der Waals surface area contributed by atoms with Gasteiger partial charge in [0.25, 0.3) is 5.91 Å². The predicted octanol–water partition coefficient (Wildman–Crippen LogP) is 1.73. The van der Waals surface area contributed by atoms with Crippen LogP contribution in [0.1, 0.15) is 22.7 Å². The van der Waals surface area contributed by atoms with E-state index in [-0.39, 0.29) is 5.76 Å². The van der Waals surface area contributed by atoms with Gasteiger partial charge in [0.15, 0.2) is 5.76 Å². The van der Waals surface area contributed by atoms with Gasteiger partial charge in [-0.05, 0) is 25.1 Å². The Balaban J connectivity index is 2.10. The van der Waals surface area contributed by atoms with Crippen molar-refractivity contribution in [3.05, 3.63) is 23.7 Å². The van der Waals surface area contributed by atoms with Crippen molar-refractivity contribution in [2.75, 3.05) is 26.2 Å². The maximum atomic E-state index is 12.3. The molecule has 0 saturated carbocycles. The third-order valence-electron chi connectivity index (χ3n) is 2.72. The van der Waals surface area contributed by atoms with Crippen molar-refractivity contribution in [1.29, 1.82) is 0 Å². The average molecular weight is 262 g/mol. The molecule has 18 heavy (non-hydrogen) atoms. The summed E-state index contributed by atoms with van der Waals surface area (Å²) in [6, 6.07) is 1.85. The molecule has 1 aromatic rings. The molecule has 1 fully saturated rings. The number of furan rings is 1. The molecule has 0 aromatic carbocycles. The maximum absolute atomic E-state index is 12.3. The standard InChI is InChI=1S/C11H13F3N2O2/c12-11(13,14)9-3-2-8(18-9)10(17)16-6-1-4-15-5-7-16/h2-3,15H,1,4-7H2. The lowest BCUT2D eigenvalue weighted by atomic mass is 10.3. The first kappa shape index (κ1) is 12.9. The summed E-state index contributed by atoms with van der Waals surface area (Å²) < 4.78 is 41.6. The molecule has 1 aliphatic rings. The summed E-state index contributed by atoms with van der Waals surface area (Å²) >= 11 is 0. The zero-order chi connectivity index (χ0) is 13.2. The average Bonchev–Trinajstić information content (AvgIpc) is 2.65. The second kappa shape index (κ2) is 5.01. The van der Waals surface area contributed by atoms with Crippen molar-refractivity contribution < 1.29 is 22.4 Å². The van der Waals surface area contributed by atoms with Crippen molar-refractivity contribution in [3.63, 3.8) is 0 Å². The van der Waals surface area contributed by atoms with Gasteiger partial charge in [-0.15, -0.1) is 0 Å². The van der Waals surface area contributed by atoms with Crippen LogP contribution in [0.15, 0.2) is 16.5 Å². The van der Waals surface area contributed by atoms with E-state index in [0.29, 0.717) is 19.6 Å². The Labute approximate surface area is 102 Å². The summed E-state index contributed by atoms with van der Waals surface area (Å²) in [7, 11) is 0. The van der Waals surface area contributed by atoms with Gasteiger partial charge in [-0.1, -0.05) is 0 Å². The topological polar surface area (TPSA) is 45.5 Å². The van der Waals surface area contributed by atoms with Gasteiger partial charge in [0.2, 0.25) is 5.76 Å². The highest BCUT2D eigenvalue weighted by Gasteiger charge is 2.35. The lowest BCUT2D eigenvalue weighted by Gasteiger charge is -2.18. The third kappa shape index (κ3) is 2.84. The number of nitrogens with one attached hydrogen (secondary N) is 1. The van der Waals surface area contributed by atoms with Gasteiger partial charge in [0.05, 0.1) is 0 Å². The molecule has 0 bridgehead atoms. The first-order chi connectivity index (χ1) is 8.48. The summed E-state index contributed by atoms with van der Waals surface area (Å²) in [5, 5.41) is 3.11. The van der Waals surface area contributed by atoms with Crippen LogP contribution in [0.4, 0.5) is 13.2 Å². The summed E-state index contributed by atoms with van der Waals surface area (Å²) in [6.07, 6.45) is -3.78. The molecule has 0 unspecified atom stereocenters. The van der Waals surface area contributed by atoms with E-state index in [2.05, 4.69) is 9.73 Å². The zero-order valence-corrected chi connectivity index (χ0v) is 9.59. The van der Waals surface area contributed by atoms with Crippen LogP contribution in [0, 0.1) is 0 Å².